The van der Waals surface area contributed by atoms with E-state index in [4.69, 9.17) is 9.72 Å². The van der Waals surface area contributed by atoms with Gasteiger partial charge in [-0.15, -0.1) is 0 Å². The Kier molecular flexibility index (Phi) is 3.26. The van der Waals surface area contributed by atoms with E-state index in [0.29, 0.717) is 54.2 Å². The number of H-pyrrole nitrogens is 1. The number of imidazole rings is 1. The molecule has 2 aromatic heterocycles. The van der Waals surface area contributed by atoms with Crippen LogP contribution in [-0.4, -0.2) is 31.3 Å². The van der Waals surface area contributed by atoms with Crippen molar-refractivity contribution < 1.29 is 4.74 Å². The number of nitrogens with zero attached hydrogens (tertiary/aromatic N) is 3. The molecule has 7 heteroatoms. The van der Waals surface area contributed by atoms with E-state index in [-0.39, 0.29) is 11.2 Å². The normalized spacial score (nSPS) is 32.5. The van der Waals surface area contributed by atoms with E-state index in [9.17, 15) is 9.59 Å². The molecule has 1 aliphatic heterocycles. The number of epoxide rings is 1. The number of aromatic amines is 1. The maximum atomic E-state index is 12.8. The third kappa shape index (κ3) is 2.05. The van der Waals surface area contributed by atoms with Gasteiger partial charge in [0, 0.05) is 19.0 Å². The third-order valence-corrected chi connectivity index (χ3v) is 6.22. The van der Waals surface area contributed by atoms with Crippen LogP contribution in [0.3, 0.4) is 0 Å². The molecule has 25 heavy (non-hydrogen) atoms. The van der Waals surface area contributed by atoms with Gasteiger partial charge in [0.15, 0.2) is 5.65 Å². The van der Waals surface area contributed by atoms with E-state index in [1.54, 1.807) is 4.57 Å². The molecule has 2 saturated carbocycles. The van der Waals surface area contributed by atoms with Gasteiger partial charge in [0.2, 0.25) is 0 Å². The van der Waals surface area contributed by atoms with Crippen molar-refractivity contribution in [2.24, 2.45) is 11.8 Å². The fourth-order valence-electron chi connectivity index (χ4n) is 5.12. The van der Waals surface area contributed by atoms with Gasteiger partial charge in [-0.25, -0.2) is 9.78 Å². The van der Waals surface area contributed by atoms with Crippen LogP contribution in [0.2, 0.25) is 0 Å². The van der Waals surface area contributed by atoms with Crippen LogP contribution < -0.4 is 11.2 Å². The minimum absolute atomic E-state index is 0.238. The van der Waals surface area contributed by atoms with Gasteiger partial charge in [0.1, 0.15) is 11.3 Å². The Labute approximate surface area is 145 Å². The Morgan fingerprint density at radius 2 is 1.88 bits per heavy atom. The van der Waals surface area contributed by atoms with Crippen LogP contribution in [0.15, 0.2) is 9.59 Å². The van der Waals surface area contributed by atoms with Crippen LogP contribution in [-0.2, 0) is 17.8 Å². The predicted molar refractivity (Wildman–Crippen MR) is 92.8 cm³/mol. The first-order valence-electron chi connectivity index (χ1n) is 9.52. The third-order valence-electron chi connectivity index (χ3n) is 6.22. The van der Waals surface area contributed by atoms with Crippen LogP contribution in [0, 0.1) is 11.8 Å². The summed E-state index contributed by atoms with van der Waals surface area (Å²) in [4.78, 5) is 33.6. The molecule has 1 N–H and O–H groups in total. The highest BCUT2D eigenvalue weighted by Crippen LogP contribution is 2.61. The zero-order valence-corrected chi connectivity index (χ0v) is 14.7. The average molecular weight is 344 g/mol. The van der Waals surface area contributed by atoms with Crippen molar-refractivity contribution in [3.05, 3.63) is 26.7 Å². The van der Waals surface area contributed by atoms with Gasteiger partial charge in [-0.3, -0.25) is 13.9 Å². The van der Waals surface area contributed by atoms with Crippen molar-refractivity contribution in [1.82, 2.24) is 19.1 Å². The topological polar surface area (TPSA) is 85.2 Å². The highest BCUT2D eigenvalue weighted by atomic mass is 16.6. The molecule has 5 rings (SSSR count). The first-order chi connectivity index (χ1) is 12.1. The number of aryl methyl sites for hydroxylation is 1. The predicted octanol–water partition coefficient (Wildman–Crippen LogP) is 1.60. The molecule has 2 bridgehead atoms. The molecule has 2 aliphatic carbocycles. The Hall–Kier alpha value is -1.89. The van der Waals surface area contributed by atoms with Gasteiger partial charge < -0.3 is 9.72 Å². The molecule has 3 fully saturated rings. The summed E-state index contributed by atoms with van der Waals surface area (Å²) < 4.78 is 8.77. The molecular weight excluding hydrogens is 320 g/mol. The molecule has 3 aliphatic rings. The highest BCUT2D eigenvalue weighted by Gasteiger charge is 2.63. The van der Waals surface area contributed by atoms with Crippen molar-refractivity contribution >= 4 is 11.2 Å². The van der Waals surface area contributed by atoms with Gasteiger partial charge in [0.05, 0.1) is 12.2 Å². The molecule has 0 spiro atoms. The lowest BCUT2D eigenvalue weighted by Gasteiger charge is -2.16. The molecule has 0 radical (unpaired) electrons. The summed E-state index contributed by atoms with van der Waals surface area (Å²) in [7, 11) is 0. The number of aromatic nitrogens is 4. The monoisotopic (exact) mass is 344 g/mol. The number of hydrogen-bond donors (Lipinski definition) is 1. The minimum atomic E-state index is -0.239. The lowest BCUT2D eigenvalue weighted by molar-refractivity contribution is 0.260. The first-order valence-corrected chi connectivity index (χ1v) is 9.52. The smallest absolute Gasteiger partial charge is 0.332 e. The Balaban J connectivity index is 1.65. The lowest BCUT2D eigenvalue weighted by atomic mass is 9.88. The first kappa shape index (κ1) is 15.4. The second-order valence-corrected chi connectivity index (χ2v) is 7.78. The second kappa shape index (κ2) is 5.30. The van der Waals surface area contributed by atoms with Crippen LogP contribution in [0.4, 0.5) is 0 Å². The minimum Gasteiger partial charge on any atom is -0.369 e. The molecule has 0 amide bonds. The Morgan fingerprint density at radius 3 is 2.56 bits per heavy atom. The van der Waals surface area contributed by atoms with Crippen LogP contribution in [0.1, 0.15) is 51.3 Å². The quantitative estimate of drug-likeness (QED) is 0.835. The Morgan fingerprint density at radius 1 is 1.12 bits per heavy atom. The number of ether oxygens (including phenoxy) is 1. The molecule has 0 unspecified atom stereocenters. The van der Waals surface area contributed by atoms with Crippen LogP contribution in [0.25, 0.3) is 11.2 Å². The van der Waals surface area contributed by atoms with Gasteiger partial charge >= 0.3 is 5.69 Å². The van der Waals surface area contributed by atoms with E-state index >= 15 is 0 Å². The van der Waals surface area contributed by atoms with Gasteiger partial charge in [-0.05, 0) is 37.5 Å². The fourth-order valence-corrected chi connectivity index (χ4v) is 5.12. The summed E-state index contributed by atoms with van der Waals surface area (Å²) in [6, 6.07) is 0. The number of nitrogens with one attached hydrogen (secondary N) is 1. The summed E-state index contributed by atoms with van der Waals surface area (Å²) >= 11 is 0. The average Bonchev–Trinajstić information content (AvgIpc) is 2.99. The molecule has 2 aromatic rings. The van der Waals surface area contributed by atoms with E-state index in [1.165, 1.54) is 11.0 Å². The lowest BCUT2D eigenvalue weighted by Crippen LogP contribution is -2.40. The molecule has 0 aromatic carbocycles. The SMILES string of the molecule is CCCn1c(=O)c2[nH]c([C@@H]3C[C@H]4C[C@@H]3[C@@H]3O[C@H]43)nc2n(CCC)c1=O. The van der Waals surface area contributed by atoms with Gasteiger partial charge in [0.25, 0.3) is 5.56 Å². The maximum Gasteiger partial charge on any atom is 0.332 e. The highest BCUT2D eigenvalue weighted by molar-refractivity contribution is 5.70. The molecule has 134 valence electrons. The van der Waals surface area contributed by atoms with Crippen molar-refractivity contribution in [3.8, 4) is 0 Å². The van der Waals surface area contributed by atoms with Crippen LogP contribution in [0.5, 0.6) is 0 Å². The van der Waals surface area contributed by atoms with E-state index in [0.717, 1.165) is 25.1 Å². The zero-order valence-electron chi connectivity index (χ0n) is 14.7. The van der Waals surface area contributed by atoms with E-state index < -0.39 is 0 Å². The number of fused-ring (bicyclic) bond motifs is 6. The zero-order chi connectivity index (χ0) is 17.3. The second-order valence-electron chi connectivity index (χ2n) is 7.78. The standard InChI is InChI=1S/C18H24N4O3/c1-3-5-21-16-12(17(23)22(6-4-2)18(21)24)19-15(20-16)11-8-9-7-10(11)14-13(9)25-14/h9-11,13-14H,3-8H2,1-2H3,(H,19,20)/t9-,10+,11-,13-,14+/m1/s1. The van der Waals surface area contributed by atoms with Crippen LogP contribution >= 0.6 is 0 Å². The summed E-state index contributed by atoms with van der Waals surface area (Å²) in [5, 5.41) is 0. The maximum absolute atomic E-state index is 12.8. The molecule has 3 heterocycles. The van der Waals surface area contributed by atoms with Crippen molar-refractivity contribution in [2.45, 2.75) is 70.7 Å². The molecule has 7 nitrogen and oxygen atoms in total. The van der Waals surface area contributed by atoms with Gasteiger partial charge in [-0.1, -0.05) is 13.8 Å². The summed E-state index contributed by atoms with van der Waals surface area (Å²) in [5.41, 5.74) is 0.525. The molecule has 5 atom stereocenters. The van der Waals surface area contributed by atoms with E-state index in [2.05, 4.69) is 4.98 Å². The number of hydrogen-bond acceptors (Lipinski definition) is 4. The largest absolute Gasteiger partial charge is 0.369 e. The summed E-state index contributed by atoms with van der Waals surface area (Å²) in [6.45, 7) is 5.02. The summed E-state index contributed by atoms with van der Waals surface area (Å²) in [6.07, 6.45) is 4.73. The van der Waals surface area contributed by atoms with Crippen molar-refractivity contribution in [3.63, 3.8) is 0 Å². The van der Waals surface area contributed by atoms with E-state index in [1.807, 2.05) is 13.8 Å². The Bertz CT molecular complexity index is 956. The molecule has 1 saturated heterocycles. The number of rotatable bonds is 5. The fraction of sp³-hybridized carbons (Fsp3) is 0.722. The van der Waals surface area contributed by atoms with Crippen molar-refractivity contribution in [2.75, 3.05) is 0 Å². The van der Waals surface area contributed by atoms with Crippen molar-refractivity contribution in [1.29, 1.82) is 0 Å². The molecular formula is C18H24N4O3. The summed E-state index contributed by atoms with van der Waals surface area (Å²) in [5.74, 6) is 2.35. The van der Waals surface area contributed by atoms with Gasteiger partial charge in [-0.2, -0.15) is 0 Å².